The van der Waals surface area contributed by atoms with E-state index in [2.05, 4.69) is 11.9 Å². The molecule has 2 heterocycles. The number of esters is 1. The van der Waals surface area contributed by atoms with Crippen molar-refractivity contribution in [3.05, 3.63) is 41.8 Å². The van der Waals surface area contributed by atoms with Gasteiger partial charge >= 0.3 is 5.97 Å². The molecule has 0 N–H and O–H groups in total. The van der Waals surface area contributed by atoms with Crippen molar-refractivity contribution in [3.63, 3.8) is 0 Å². The number of carbonyl (C=O) groups excluding carboxylic acids is 2. The Morgan fingerprint density at radius 2 is 2.04 bits per heavy atom. The third-order valence-corrected chi connectivity index (χ3v) is 4.76. The number of benzene rings is 1. The van der Waals surface area contributed by atoms with Crippen molar-refractivity contribution >= 4 is 11.9 Å². The maximum Gasteiger partial charge on any atom is 0.361 e. The van der Waals surface area contributed by atoms with Crippen LogP contribution in [0.5, 0.6) is 0 Å². The van der Waals surface area contributed by atoms with Gasteiger partial charge in [-0.3, -0.25) is 4.79 Å². The van der Waals surface area contributed by atoms with E-state index in [1.54, 1.807) is 6.92 Å². The van der Waals surface area contributed by atoms with Crippen molar-refractivity contribution in [2.24, 2.45) is 0 Å². The SMILES string of the molecule is CC[C@H]1CCCCN1C(=O)COC(=O)c1nc(-c2ccccc2)oc1C. The first-order chi connectivity index (χ1) is 12.6. The summed E-state index contributed by atoms with van der Waals surface area (Å²) in [6, 6.07) is 9.58. The fraction of sp³-hybridized carbons (Fsp3) is 0.450. The summed E-state index contributed by atoms with van der Waals surface area (Å²) < 4.78 is 10.8. The van der Waals surface area contributed by atoms with E-state index in [1.807, 2.05) is 35.2 Å². The molecule has 1 aromatic heterocycles. The average Bonchev–Trinajstić information content (AvgIpc) is 3.08. The maximum atomic E-state index is 12.4. The van der Waals surface area contributed by atoms with Crippen LogP contribution >= 0.6 is 0 Å². The second-order valence-electron chi connectivity index (χ2n) is 6.51. The van der Waals surface area contributed by atoms with E-state index < -0.39 is 5.97 Å². The lowest BCUT2D eigenvalue weighted by molar-refractivity contribution is -0.138. The fourth-order valence-electron chi connectivity index (χ4n) is 3.32. The smallest absolute Gasteiger partial charge is 0.361 e. The van der Waals surface area contributed by atoms with Crippen LogP contribution in [0.25, 0.3) is 11.5 Å². The molecule has 1 aliphatic rings. The molecule has 0 saturated carbocycles. The highest BCUT2D eigenvalue weighted by atomic mass is 16.5. The lowest BCUT2D eigenvalue weighted by Gasteiger charge is -2.35. The standard InChI is InChI=1S/C20H24N2O4/c1-3-16-11-7-8-12-22(16)17(23)13-25-20(24)18-14(2)26-19(21-18)15-9-5-4-6-10-15/h4-6,9-10,16H,3,7-8,11-13H2,1-2H3/t16-/m0/s1. The largest absolute Gasteiger partial charge is 0.451 e. The summed E-state index contributed by atoms with van der Waals surface area (Å²) in [7, 11) is 0. The van der Waals surface area contributed by atoms with Crippen molar-refractivity contribution in [2.45, 2.75) is 45.6 Å². The van der Waals surface area contributed by atoms with Crippen LogP contribution < -0.4 is 0 Å². The Morgan fingerprint density at radius 3 is 2.77 bits per heavy atom. The number of nitrogens with zero attached hydrogens (tertiary/aromatic N) is 2. The molecule has 1 amide bonds. The summed E-state index contributed by atoms with van der Waals surface area (Å²) in [6.45, 7) is 4.21. The molecule has 0 unspecified atom stereocenters. The molecule has 6 nitrogen and oxygen atoms in total. The first-order valence-corrected chi connectivity index (χ1v) is 9.09. The van der Waals surface area contributed by atoms with Crippen LogP contribution in [0.3, 0.4) is 0 Å². The van der Waals surface area contributed by atoms with Crippen LogP contribution in [0.1, 0.15) is 48.9 Å². The number of hydrogen-bond acceptors (Lipinski definition) is 5. The zero-order chi connectivity index (χ0) is 18.5. The quantitative estimate of drug-likeness (QED) is 0.766. The Bertz CT molecular complexity index is 769. The molecule has 3 rings (SSSR count). The van der Waals surface area contributed by atoms with Crippen LogP contribution in [0, 0.1) is 6.92 Å². The number of hydrogen-bond donors (Lipinski definition) is 0. The molecule has 0 bridgehead atoms. The van der Waals surface area contributed by atoms with Gasteiger partial charge in [-0.1, -0.05) is 25.1 Å². The van der Waals surface area contributed by atoms with Crippen LogP contribution in [-0.4, -0.2) is 41.0 Å². The Morgan fingerprint density at radius 1 is 1.27 bits per heavy atom. The molecule has 1 aromatic carbocycles. The molecule has 0 radical (unpaired) electrons. The number of oxazole rings is 1. The number of aromatic nitrogens is 1. The lowest BCUT2D eigenvalue weighted by Crippen LogP contribution is -2.45. The van der Waals surface area contributed by atoms with Crippen LogP contribution in [0.4, 0.5) is 0 Å². The van der Waals surface area contributed by atoms with Gasteiger partial charge in [-0.2, -0.15) is 0 Å². The number of rotatable bonds is 5. The minimum atomic E-state index is -0.633. The number of likely N-dealkylation sites (tertiary alicyclic amines) is 1. The molecule has 6 heteroatoms. The Labute approximate surface area is 153 Å². The van der Waals surface area contributed by atoms with E-state index >= 15 is 0 Å². The van der Waals surface area contributed by atoms with Crippen molar-refractivity contribution < 1.29 is 18.7 Å². The Balaban J connectivity index is 1.63. The lowest BCUT2D eigenvalue weighted by atomic mass is 10.00. The summed E-state index contributed by atoms with van der Waals surface area (Å²) in [5.74, 6) is -0.0321. The summed E-state index contributed by atoms with van der Waals surface area (Å²) in [5.41, 5.74) is 0.896. The Hall–Kier alpha value is -2.63. The maximum absolute atomic E-state index is 12.4. The molecule has 0 aliphatic carbocycles. The van der Waals surface area contributed by atoms with Gasteiger partial charge in [0.05, 0.1) is 0 Å². The van der Waals surface area contributed by atoms with Crippen LogP contribution in [0.2, 0.25) is 0 Å². The van der Waals surface area contributed by atoms with E-state index in [-0.39, 0.29) is 24.2 Å². The van der Waals surface area contributed by atoms with Gasteiger partial charge in [-0.25, -0.2) is 9.78 Å². The topological polar surface area (TPSA) is 72.6 Å². The number of ether oxygens (including phenoxy) is 1. The van der Waals surface area contributed by atoms with Gasteiger partial charge in [-0.15, -0.1) is 0 Å². The van der Waals surface area contributed by atoms with Gasteiger partial charge in [0, 0.05) is 18.2 Å². The molecule has 1 fully saturated rings. The normalized spacial score (nSPS) is 17.2. The molecule has 2 aromatic rings. The molecular formula is C20H24N2O4. The van der Waals surface area contributed by atoms with E-state index in [1.165, 1.54) is 0 Å². The number of carbonyl (C=O) groups is 2. The minimum absolute atomic E-state index is 0.113. The molecule has 138 valence electrons. The zero-order valence-electron chi connectivity index (χ0n) is 15.2. The van der Waals surface area contributed by atoms with E-state index in [0.717, 1.165) is 37.8 Å². The minimum Gasteiger partial charge on any atom is -0.451 e. The summed E-state index contributed by atoms with van der Waals surface area (Å²) in [4.78, 5) is 30.8. The van der Waals surface area contributed by atoms with Crippen molar-refractivity contribution in [1.29, 1.82) is 0 Å². The van der Waals surface area contributed by atoms with Crippen LogP contribution in [0.15, 0.2) is 34.7 Å². The van der Waals surface area contributed by atoms with Gasteiger partial charge < -0.3 is 14.1 Å². The van der Waals surface area contributed by atoms with E-state index in [9.17, 15) is 9.59 Å². The van der Waals surface area contributed by atoms with E-state index in [0.29, 0.717) is 11.7 Å². The highest BCUT2D eigenvalue weighted by Gasteiger charge is 2.27. The van der Waals surface area contributed by atoms with Crippen molar-refractivity contribution in [1.82, 2.24) is 9.88 Å². The molecule has 1 aliphatic heterocycles. The fourth-order valence-corrected chi connectivity index (χ4v) is 3.32. The van der Waals surface area contributed by atoms with Gasteiger partial charge in [-0.05, 0) is 44.7 Å². The molecule has 0 spiro atoms. The van der Waals surface area contributed by atoms with Gasteiger partial charge in [0.15, 0.2) is 12.3 Å². The third-order valence-electron chi connectivity index (χ3n) is 4.76. The number of amides is 1. The predicted octanol–water partition coefficient (Wildman–Crippen LogP) is 3.60. The summed E-state index contributed by atoms with van der Waals surface area (Å²) in [6.07, 6.45) is 4.07. The molecule has 1 saturated heterocycles. The number of piperidine rings is 1. The first kappa shape index (κ1) is 18.2. The predicted molar refractivity (Wildman–Crippen MR) is 96.6 cm³/mol. The monoisotopic (exact) mass is 356 g/mol. The van der Waals surface area contributed by atoms with E-state index in [4.69, 9.17) is 9.15 Å². The van der Waals surface area contributed by atoms with Crippen molar-refractivity contribution in [3.8, 4) is 11.5 Å². The second-order valence-corrected chi connectivity index (χ2v) is 6.51. The zero-order valence-corrected chi connectivity index (χ0v) is 15.2. The summed E-state index contributed by atoms with van der Waals surface area (Å²) >= 11 is 0. The van der Waals surface area contributed by atoms with Crippen molar-refractivity contribution in [2.75, 3.05) is 13.2 Å². The van der Waals surface area contributed by atoms with Crippen LogP contribution in [-0.2, 0) is 9.53 Å². The van der Waals surface area contributed by atoms with Gasteiger partial charge in [0.2, 0.25) is 5.89 Å². The second kappa shape index (κ2) is 8.17. The summed E-state index contributed by atoms with van der Waals surface area (Å²) in [5, 5.41) is 0. The number of aryl methyl sites for hydroxylation is 1. The van der Waals surface area contributed by atoms with Gasteiger partial charge in [0.25, 0.3) is 5.91 Å². The highest BCUT2D eigenvalue weighted by Crippen LogP contribution is 2.22. The average molecular weight is 356 g/mol. The highest BCUT2D eigenvalue weighted by molar-refractivity contribution is 5.91. The molecule has 1 atom stereocenters. The Kier molecular flexibility index (Phi) is 5.71. The molecular weight excluding hydrogens is 332 g/mol. The third kappa shape index (κ3) is 3.95. The molecule has 26 heavy (non-hydrogen) atoms. The van der Waals surface area contributed by atoms with Gasteiger partial charge in [0.1, 0.15) is 5.76 Å². The first-order valence-electron chi connectivity index (χ1n) is 9.09.